The van der Waals surface area contributed by atoms with Gasteiger partial charge in [-0.15, -0.1) is 0 Å². The molecule has 0 aliphatic heterocycles. The molecule has 0 bridgehead atoms. The molecule has 0 atom stereocenters. The molecule has 0 radical (unpaired) electrons. The lowest BCUT2D eigenvalue weighted by Crippen LogP contribution is -2.14. The number of aromatic nitrogens is 4. The van der Waals surface area contributed by atoms with Crippen molar-refractivity contribution in [3.05, 3.63) is 58.7 Å². The summed E-state index contributed by atoms with van der Waals surface area (Å²) in [5, 5.41) is 19.5. The van der Waals surface area contributed by atoms with Crippen molar-refractivity contribution in [3.63, 3.8) is 0 Å². The maximum Gasteiger partial charge on any atom is 0.319 e. The highest BCUT2D eigenvalue weighted by Crippen LogP contribution is 2.23. The number of hydrogen-bond acceptors (Lipinski definition) is 5. The highest BCUT2D eigenvalue weighted by Gasteiger charge is 2.22. The summed E-state index contributed by atoms with van der Waals surface area (Å²) >= 11 is 0. The maximum atomic E-state index is 12.3. The quantitative estimate of drug-likeness (QED) is 0.528. The third-order valence-electron chi connectivity index (χ3n) is 3.60. The Morgan fingerprint density at radius 3 is 3.04 bits per heavy atom. The van der Waals surface area contributed by atoms with Gasteiger partial charge in [-0.1, -0.05) is 19.1 Å². The molecule has 1 aromatic carbocycles. The highest BCUT2D eigenvalue weighted by molar-refractivity contribution is 6.05. The van der Waals surface area contributed by atoms with E-state index >= 15 is 0 Å². The van der Waals surface area contributed by atoms with E-state index in [1.54, 1.807) is 24.4 Å². The van der Waals surface area contributed by atoms with Crippen LogP contribution in [0.5, 0.6) is 0 Å². The number of rotatable bonds is 6. The van der Waals surface area contributed by atoms with E-state index in [1.807, 2.05) is 16.8 Å². The number of amides is 1. The van der Waals surface area contributed by atoms with Gasteiger partial charge in [0.05, 0.1) is 4.92 Å². The summed E-state index contributed by atoms with van der Waals surface area (Å²) in [7, 11) is 0. The normalized spacial score (nSPS) is 10.6. The molecule has 2 N–H and O–H groups in total. The molecule has 0 saturated heterocycles. The molecule has 0 unspecified atom stereocenters. The molecule has 0 saturated carbocycles. The van der Waals surface area contributed by atoms with Gasteiger partial charge in [0, 0.05) is 30.2 Å². The number of nitro groups is 1. The Hall–Kier alpha value is -3.49. The van der Waals surface area contributed by atoms with E-state index in [4.69, 9.17) is 0 Å². The molecule has 1 amide bonds. The van der Waals surface area contributed by atoms with Crippen molar-refractivity contribution < 1.29 is 9.72 Å². The molecule has 0 aliphatic rings. The van der Waals surface area contributed by atoms with Gasteiger partial charge in [0.2, 0.25) is 5.69 Å². The van der Waals surface area contributed by atoms with Crippen LogP contribution in [-0.2, 0) is 6.54 Å². The van der Waals surface area contributed by atoms with Crippen molar-refractivity contribution in [2.75, 3.05) is 5.32 Å². The molecular weight excluding hydrogens is 324 g/mol. The van der Waals surface area contributed by atoms with Crippen molar-refractivity contribution >= 4 is 17.3 Å². The first-order valence-corrected chi connectivity index (χ1v) is 7.71. The standard InChI is InChI=1S/C16H16N6O3/c1-2-7-21-8-6-17-15(21)11-4-3-5-12(9-11)19-16(23)14-13(22(24)25)10-18-20-14/h3-6,8-10H,2,7H2,1H3,(H,18,20)(H,19,23). The molecular formula is C16H16N6O3. The molecule has 9 heteroatoms. The molecule has 25 heavy (non-hydrogen) atoms. The third kappa shape index (κ3) is 3.39. The minimum atomic E-state index is -0.656. The zero-order chi connectivity index (χ0) is 17.8. The van der Waals surface area contributed by atoms with Gasteiger partial charge in [0.1, 0.15) is 12.0 Å². The van der Waals surface area contributed by atoms with Crippen LogP contribution < -0.4 is 5.32 Å². The molecule has 0 fully saturated rings. The summed E-state index contributed by atoms with van der Waals surface area (Å²) < 4.78 is 2.03. The van der Waals surface area contributed by atoms with Crippen LogP contribution >= 0.6 is 0 Å². The van der Waals surface area contributed by atoms with Crippen molar-refractivity contribution in [2.45, 2.75) is 19.9 Å². The van der Waals surface area contributed by atoms with Gasteiger partial charge >= 0.3 is 5.69 Å². The van der Waals surface area contributed by atoms with E-state index < -0.39 is 10.8 Å². The summed E-state index contributed by atoms with van der Waals surface area (Å²) in [5.74, 6) is 0.170. The minimum Gasteiger partial charge on any atom is -0.331 e. The zero-order valence-corrected chi connectivity index (χ0v) is 13.5. The van der Waals surface area contributed by atoms with E-state index in [-0.39, 0.29) is 11.4 Å². The second kappa shape index (κ2) is 6.95. The minimum absolute atomic E-state index is 0.192. The number of H-pyrrole nitrogens is 1. The second-order valence-electron chi connectivity index (χ2n) is 5.37. The number of hydrogen-bond donors (Lipinski definition) is 2. The van der Waals surface area contributed by atoms with Crippen LogP contribution in [0.4, 0.5) is 11.4 Å². The highest BCUT2D eigenvalue weighted by atomic mass is 16.6. The smallest absolute Gasteiger partial charge is 0.319 e. The monoisotopic (exact) mass is 340 g/mol. The molecule has 9 nitrogen and oxygen atoms in total. The van der Waals surface area contributed by atoms with Crippen LogP contribution in [0.2, 0.25) is 0 Å². The average molecular weight is 340 g/mol. The Kier molecular flexibility index (Phi) is 4.55. The van der Waals surface area contributed by atoms with Gasteiger partial charge in [-0.3, -0.25) is 20.0 Å². The number of aryl methyl sites for hydroxylation is 1. The Morgan fingerprint density at radius 1 is 1.44 bits per heavy atom. The first-order chi connectivity index (χ1) is 12.1. The number of nitrogens with one attached hydrogen (secondary N) is 2. The topological polar surface area (TPSA) is 119 Å². The first kappa shape index (κ1) is 16.4. The lowest BCUT2D eigenvalue weighted by molar-refractivity contribution is -0.385. The van der Waals surface area contributed by atoms with Crippen LogP contribution in [0.3, 0.4) is 0 Å². The van der Waals surface area contributed by atoms with Crippen molar-refractivity contribution in [2.24, 2.45) is 0 Å². The van der Waals surface area contributed by atoms with Gasteiger partial charge in [0.25, 0.3) is 5.91 Å². The van der Waals surface area contributed by atoms with Crippen molar-refractivity contribution in [1.82, 2.24) is 19.7 Å². The fourth-order valence-electron chi connectivity index (χ4n) is 2.51. The van der Waals surface area contributed by atoms with Crippen LogP contribution in [0.1, 0.15) is 23.8 Å². The van der Waals surface area contributed by atoms with Gasteiger partial charge in [0.15, 0.2) is 0 Å². The molecule has 0 aliphatic carbocycles. The zero-order valence-electron chi connectivity index (χ0n) is 13.5. The Morgan fingerprint density at radius 2 is 2.28 bits per heavy atom. The Labute approximate surface area is 142 Å². The van der Waals surface area contributed by atoms with Crippen LogP contribution in [-0.4, -0.2) is 30.6 Å². The van der Waals surface area contributed by atoms with Gasteiger partial charge < -0.3 is 9.88 Å². The number of aromatic amines is 1. The van der Waals surface area contributed by atoms with E-state index in [0.717, 1.165) is 30.6 Å². The Bertz CT molecular complexity index is 914. The number of nitrogens with zero attached hydrogens (tertiary/aromatic N) is 4. The molecule has 2 aromatic heterocycles. The van der Waals surface area contributed by atoms with Crippen molar-refractivity contribution in [3.8, 4) is 11.4 Å². The van der Waals surface area contributed by atoms with Crippen LogP contribution in [0.25, 0.3) is 11.4 Å². The van der Waals surface area contributed by atoms with Gasteiger partial charge in [-0.2, -0.15) is 5.10 Å². The van der Waals surface area contributed by atoms with Crippen molar-refractivity contribution in [1.29, 1.82) is 0 Å². The summed E-state index contributed by atoms with van der Waals surface area (Å²) in [5.41, 5.74) is 0.794. The summed E-state index contributed by atoms with van der Waals surface area (Å²) in [6.45, 7) is 2.92. The number of carbonyl (C=O) groups is 1. The molecule has 128 valence electrons. The van der Waals surface area contributed by atoms with E-state index in [0.29, 0.717) is 5.69 Å². The van der Waals surface area contributed by atoms with Gasteiger partial charge in [-0.25, -0.2) is 4.98 Å². The Balaban J connectivity index is 1.84. The fourth-order valence-corrected chi connectivity index (χ4v) is 2.51. The summed E-state index contributed by atoms with van der Waals surface area (Å²) in [6, 6.07) is 7.16. The lowest BCUT2D eigenvalue weighted by atomic mass is 10.2. The number of benzene rings is 1. The van der Waals surface area contributed by atoms with E-state index in [1.165, 1.54) is 0 Å². The average Bonchev–Trinajstić information content (AvgIpc) is 3.24. The number of imidazole rings is 1. The lowest BCUT2D eigenvalue weighted by Gasteiger charge is -2.09. The summed E-state index contributed by atoms with van der Waals surface area (Å²) in [4.78, 5) is 26.9. The number of anilines is 1. The predicted molar refractivity (Wildman–Crippen MR) is 91.1 cm³/mol. The maximum absolute atomic E-state index is 12.3. The van der Waals surface area contributed by atoms with Crippen LogP contribution in [0.15, 0.2) is 42.9 Å². The molecule has 2 heterocycles. The summed E-state index contributed by atoms with van der Waals surface area (Å²) in [6.07, 6.45) is 5.61. The first-order valence-electron chi connectivity index (χ1n) is 7.71. The largest absolute Gasteiger partial charge is 0.331 e. The second-order valence-corrected chi connectivity index (χ2v) is 5.37. The number of carbonyl (C=O) groups excluding carboxylic acids is 1. The van der Waals surface area contributed by atoms with Crippen LogP contribution in [0, 0.1) is 10.1 Å². The third-order valence-corrected chi connectivity index (χ3v) is 3.60. The van der Waals surface area contributed by atoms with E-state index in [9.17, 15) is 14.9 Å². The van der Waals surface area contributed by atoms with Gasteiger partial charge in [-0.05, 0) is 18.6 Å². The molecule has 3 aromatic rings. The van der Waals surface area contributed by atoms with E-state index in [2.05, 4.69) is 27.4 Å². The molecule has 3 rings (SSSR count). The SMILES string of the molecule is CCCn1ccnc1-c1cccc(NC(=O)c2[nH]ncc2[N+](=O)[O-])c1. The predicted octanol–water partition coefficient (Wildman–Crippen LogP) is 2.84. The molecule has 0 spiro atoms. The fraction of sp³-hybridized carbons (Fsp3) is 0.188.